The highest BCUT2D eigenvalue weighted by atomic mass is 19.4. The number of halogens is 4. The first-order chi connectivity index (χ1) is 17.1. The highest BCUT2D eigenvalue weighted by Crippen LogP contribution is 2.39. The molecule has 0 aliphatic heterocycles. The SMILES string of the molecule is CNc1ccc(C2CC(OCCOC)CC(C(=O)Nc3ccc(C(F)(F)F)cc3F)C2)cc1.O=CO. The first-order valence-corrected chi connectivity index (χ1v) is 11.3. The number of anilines is 2. The number of benzene rings is 2. The molecule has 1 fully saturated rings. The molecule has 3 N–H and O–H groups in total. The van der Waals surface area contributed by atoms with Crippen molar-refractivity contribution in [3.05, 3.63) is 59.4 Å². The Hall–Kier alpha value is -3.18. The average molecular weight is 515 g/mol. The van der Waals surface area contributed by atoms with Crippen molar-refractivity contribution in [3.63, 3.8) is 0 Å². The number of carboxylic acid groups (broad SMARTS) is 1. The van der Waals surface area contributed by atoms with Gasteiger partial charge in [0.05, 0.1) is 30.6 Å². The number of carbonyl (C=O) groups excluding carboxylic acids is 1. The summed E-state index contributed by atoms with van der Waals surface area (Å²) in [5.41, 5.74) is 0.653. The lowest BCUT2D eigenvalue weighted by Gasteiger charge is -2.34. The van der Waals surface area contributed by atoms with Crippen LogP contribution in [0.2, 0.25) is 0 Å². The van der Waals surface area contributed by atoms with E-state index < -0.39 is 29.4 Å². The van der Waals surface area contributed by atoms with Crippen molar-refractivity contribution >= 4 is 23.8 Å². The van der Waals surface area contributed by atoms with Gasteiger partial charge in [-0.25, -0.2) is 4.39 Å². The number of rotatable bonds is 8. The third-order valence-electron chi connectivity index (χ3n) is 5.90. The number of nitrogens with one attached hydrogen (secondary N) is 2. The summed E-state index contributed by atoms with van der Waals surface area (Å²) < 4.78 is 63.6. The van der Waals surface area contributed by atoms with Gasteiger partial charge in [0.2, 0.25) is 5.91 Å². The van der Waals surface area contributed by atoms with Crippen LogP contribution in [0.15, 0.2) is 42.5 Å². The first kappa shape index (κ1) is 29.1. The van der Waals surface area contributed by atoms with Crippen LogP contribution in [0, 0.1) is 11.7 Å². The standard InChI is InChI=1S/C24H28F4N2O3.CH2O2/c1-29-19-6-3-15(4-7-19)16-11-17(13-20(12-16)33-10-9-32-2)23(31)30-22-8-5-18(14-21(22)25)24(26,27)28;2-1-3/h3-8,14,16-17,20,29H,9-13H2,1-2H3,(H,30,31);1H,(H,2,3). The van der Waals surface area contributed by atoms with E-state index in [9.17, 15) is 22.4 Å². The van der Waals surface area contributed by atoms with Crippen LogP contribution in [0.3, 0.4) is 0 Å². The second-order valence-corrected chi connectivity index (χ2v) is 8.25. The topological polar surface area (TPSA) is 96.9 Å². The molecule has 3 atom stereocenters. The molecule has 11 heteroatoms. The van der Waals surface area contributed by atoms with E-state index in [1.54, 1.807) is 7.11 Å². The molecule has 198 valence electrons. The van der Waals surface area contributed by atoms with Crippen molar-refractivity contribution in [2.45, 2.75) is 37.5 Å². The Kier molecular flexibility index (Phi) is 11.1. The number of alkyl halides is 3. The molecule has 36 heavy (non-hydrogen) atoms. The smallest absolute Gasteiger partial charge is 0.416 e. The van der Waals surface area contributed by atoms with Crippen LogP contribution in [0.5, 0.6) is 0 Å². The predicted molar refractivity (Wildman–Crippen MR) is 126 cm³/mol. The largest absolute Gasteiger partial charge is 0.483 e. The van der Waals surface area contributed by atoms with Gasteiger partial charge >= 0.3 is 6.18 Å². The van der Waals surface area contributed by atoms with Gasteiger partial charge in [0, 0.05) is 25.8 Å². The van der Waals surface area contributed by atoms with E-state index in [4.69, 9.17) is 19.4 Å². The zero-order valence-electron chi connectivity index (χ0n) is 20.0. The van der Waals surface area contributed by atoms with E-state index >= 15 is 0 Å². The van der Waals surface area contributed by atoms with Crippen LogP contribution in [-0.2, 0) is 25.2 Å². The number of ether oxygens (including phenoxy) is 2. The molecule has 0 radical (unpaired) electrons. The fourth-order valence-electron chi connectivity index (χ4n) is 4.14. The molecule has 3 unspecified atom stereocenters. The molecule has 0 spiro atoms. The quantitative estimate of drug-likeness (QED) is 0.256. The molecule has 0 aromatic heterocycles. The van der Waals surface area contributed by atoms with E-state index in [2.05, 4.69) is 10.6 Å². The molecule has 0 saturated heterocycles. The summed E-state index contributed by atoms with van der Waals surface area (Å²) in [5.74, 6) is -2.00. The summed E-state index contributed by atoms with van der Waals surface area (Å²) in [6.45, 7) is 0.556. The molecule has 0 bridgehead atoms. The Labute approximate surface area is 206 Å². The third kappa shape index (κ3) is 8.49. The maximum Gasteiger partial charge on any atom is 0.416 e. The zero-order chi connectivity index (χ0) is 26.7. The molecule has 1 saturated carbocycles. The molecule has 1 aliphatic carbocycles. The normalized spacial score (nSPS) is 19.6. The Bertz CT molecular complexity index is 985. The van der Waals surface area contributed by atoms with E-state index in [1.807, 2.05) is 31.3 Å². The highest BCUT2D eigenvalue weighted by molar-refractivity contribution is 5.92. The van der Waals surface area contributed by atoms with Gasteiger partial charge in [0.15, 0.2) is 0 Å². The molecule has 2 aromatic rings. The monoisotopic (exact) mass is 514 g/mol. The van der Waals surface area contributed by atoms with Crippen molar-refractivity contribution in [1.29, 1.82) is 0 Å². The number of hydrogen-bond acceptors (Lipinski definition) is 5. The van der Waals surface area contributed by atoms with E-state index in [0.29, 0.717) is 32.1 Å². The van der Waals surface area contributed by atoms with Gasteiger partial charge < -0.3 is 25.2 Å². The van der Waals surface area contributed by atoms with Gasteiger partial charge in [-0.15, -0.1) is 0 Å². The number of methoxy groups -OCH3 is 1. The first-order valence-electron chi connectivity index (χ1n) is 11.3. The van der Waals surface area contributed by atoms with Crippen molar-refractivity contribution in [2.75, 3.05) is 38.0 Å². The second-order valence-electron chi connectivity index (χ2n) is 8.25. The molecule has 7 nitrogen and oxygen atoms in total. The van der Waals surface area contributed by atoms with Gasteiger partial charge in [-0.2, -0.15) is 13.2 Å². The Morgan fingerprint density at radius 2 is 1.78 bits per heavy atom. The lowest BCUT2D eigenvalue weighted by atomic mass is 9.76. The van der Waals surface area contributed by atoms with Crippen molar-refractivity contribution < 1.29 is 41.7 Å². The number of carbonyl (C=O) groups is 2. The van der Waals surface area contributed by atoms with Crippen molar-refractivity contribution in [1.82, 2.24) is 0 Å². The Morgan fingerprint density at radius 1 is 1.11 bits per heavy atom. The van der Waals surface area contributed by atoms with E-state index in [-0.39, 0.29) is 24.2 Å². The maximum absolute atomic E-state index is 14.2. The highest BCUT2D eigenvalue weighted by Gasteiger charge is 2.35. The minimum absolute atomic E-state index is 0.0467. The molecule has 0 heterocycles. The minimum atomic E-state index is -4.66. The third-order valence-corrected chi connectivity index (χ3v) is 5.90. The van der Waals surface area contributed by atoms with Gasteiger partial charge in [0.25, 0.3) is 6.47 Å². The summed E-state index contributed by atoms with van der Waals surface area (Å²) in [4.78, 5) is 21.3. The zero-order valence-corrected chi connectivity index (χ0v) is 20.0. The molecule has 3 rings (SSSR count). The predicted octanol–water partition coefficient (Wildman–Crippen LogP) is 5.14. The summed E-state index contributed by atoms with van der Waals surface area (Å²) in [6, 6.07) is 9.99. The molecule has 1 aliphatic rings. The fourth-order valence-corrected chi connectivity index (χ4v) is 4.14. The second kappa shape index (κ2) is 13.8. The summed E-state index contributed by atoms with van der Waals surface area (Å²) >= 11 is 0. The van der Waals surface area contributed by atoms with Crippen LogP contribution in [-0.4, -0.2) is 51.0 Å². The van der Waals surface area contributed by atoms with Crippen LogP contribution >= 0.6 is 0 Å². The summed E-state index contributed by atoms with van der Waals surface area (Å²) in [7, 11) is 3.40. The lowest BCUT2D eigenvalue weighted by molar-refractivity contribution is -0.137. The van der Waals surface area contributed by atoms with Crippen LogP contribution < -0.4 is 10.6 Å². The summed E-state index contributed by atoms with van der Waals surface area (Å²) in [5, 5.41) is 12.4. The Morgan fingerprint density at radius 3 is 2.33 bits per heavy atom. The van der Waals surface area contributed by atoms with Crippen LogP contribution in [0.4, 0.5) is 28.9 Å². The van der Waals surface area contributed by atoms with Gasteiger partial charge in [-0.1, -0.05) is 12.1 Å². The van der Waals surface area contributed by atoms with Gasteiger partial charge in [-0.3, -0.25) is 9.59 Å². The molecular formula is C25H30F4N2O5. The van der Waals surface area contributed by atoms with Crippen LogP contribution in [0.25, 0.3) is 0 Å². The summed E-state index contributed by atoms with van der Waals surface area (Å²) in [6.07, 6.45) is -3.17. The lowest BCUT2D eigenvalue weighted by Crippen LogP contribution is -2.35. The van der Waals surface area contributed by atoms with Gasteiger partial charge in [-0.05, 0) is 61.1 Å². The van der Waals surface area contributed by atoms with E-state index in [1.165, 1.54) is 0 Å². The van der Waals surface area contributed by atoms with Crippen LogP contribution in [0.1, 0.15) is 36.3 Å². The molecular weight excluding hydrogens is 484 g/mol. The number of amides is 1. The maximum atomic E-state index is 14.2. The van der Waals surface area contributed by atoms with E-state index in [0.717, 1.165) is 29.8 Å². The van der Waals surface area contributed by atoms with Crippen molar-refractivity contribution in [3.8, 4) is 0 Å². The minimum Gasteiger partial charge on any atom is -0.483 e. The van der Waals surface area contributed by atoms with Crippen molar-refractivity contribution in [2.24, 2.45) is 5.92 Å². The average Bonchev–Trinajstić information content (AvgIpc) is 2.85. The van der Waals surface area contributed by atoms with Gasteiger partial charge in [0.1, 0.15) is 5.82 Å². The fraction of sp³-hybridized carbons (Fsp3) is 0.440. The Balaban J connectivity index is 0.00000145. The molecule has 2 aromatic carbocycles. The number of hydrogen-bond donors (Lipinski definition) is 3. The molecule has 1 amide bonds.